The second-order valence-corrected chi connectivity index (χ2v) is 7.40. The van der Waals surface area contributed by atoms with E-state index in [0.29, 0.717) is 23.7 Å². The second kappa shape index (κ2) is 8.21. The van der Waals surface area contributed by atoms with Crippen molar-refractivity contribution in [3.63, 3.8) is 0 Å². The first kappa shape index (κ1) is 18.9. The Kier molecular flexibility index (Phi) is 5.97. The Hall–Kier alpha value is -1.88. The first-order valence-electron chi connectivity index (χ1n) is 8.86. The number of aryl methyl sites for hydroxylation is 1. The van der Waals surface area contributed by atoms with Crippen LogP contribution in [0.1, 0.15) is 27.5 Å². The van der Waals surface area contributed by atoms with Gasteiger partial charge in [0.1, 0.15) is 0 Å². The number of carbonyl (C=O) groups excluding carboxylic acids is 1. The van der Waals surface area contributed by atoms with Crippen LogP contribution in [0.5, 0.6) is 0 Å². The van der Waals surface area contributed by atoms with Gasteiger partial charge in [0.2, 0.25) is 0 Å². The topological polar surface area (TPSA) is 32.8 Å². The number of amides is 1. The van der Waals surface area contributed by atoms with Gasteiger partial charge in [0.15, 0.2) is 0 Å². The third kappa shape index (κ3) is 4.09. The van der Waals surface area contributed by atoms with Gasteiger partial charge in [-0.05, 0) is 50.3 Å². The summed E-state index contributed by atoms with van der Waals surface area (Å²) in [5.74, 6) is 0.0191. The van der Waals surface area contributed by atoms with Crippen molar-refractivity contribution >= 4 is 17.5 Å². The van der Waals surface area contributed by atoms with Crippen molar-refractivity contribution in [2.75, 3.05) is 33.8 Å². The molecular weight excluding hydrogens is 348 g/mol. The summed E-state index contributed by atoms with van der Waals surface area (Å²) in [6.45, 7) is 3.79. The van der Waals surface area contributed by atoms with Crippen LogP contribution in [-0.2, 0) is 4.74 Å². The van der Waals surface area contributed by atoms with Gasteiger partial charge >= 0.3 is 0 Å². The van der Waals surface area contributed by atoms with Crippen LogP contribution in [0.25, 0.3) is 0 Å². The Balaban J connectivity index is 1.96. The van der Waals surface area contributed by atoms with E-state index in [9.17, 15) is 4.79 Å². The maximum absolute atomic E-state index is 13.3. The van der Waals surface area contributed by atoms with Crippen LogP contribution in [-0.4, -0.2) is 55.6 Å². The van der Waals surface area contributed by atoms with Gasteiger partial charge in [-0.25, -0.2) is 0 Å². The molecule has 5 heteroatoms. The average Bonchev–Trinajstić information content (AvgIpc) is 2.63. The first-order chi connectivity index (χ1) is 12.5. The molecule has 0 saturated carbocycles. The minimum absolute atomic E-state index is 0.0191. The van der Waals surface area contributed by atoms with Crippen molar-refractivity contribution in [2.45, 2.75) is 19.1 Å². The smallest absolute Gasteiger partial charge is 0.254 e. The molecule has 2 aromatic carbocycles. The zero-order valence-corrected chi connectivity index (χ0v) is 16.2. The number of halogens is 1. The molecule has 138 valence electrons. The number of hydrogen-bond donors (Lipinski definition) is 0. The van der Waals surface area contributed by atoms with Gasteiger partial charge in [-0.1, -0.05) is 41.9 Å². The Labute approximate surface area is 160 Å². The summed E-state index contributed by atoms with van der Waals surface area (Å²) >= 11 is 6.13. The number of benzene rings is 2. The SMILES string of the molecule is Cc1cc(C(=O)N2CCO[C@@H](CN(C)C)[C@@H]2c2ccccc2)ccc1Cl. The summed E-state index contributed by atoms with van der Waals surface area (Å²) in [5.41, 5.74) is 2.67. The Bertz CT molecular complexity index is 764. The summed E-state index contributed by atoms with van der Waals surface area (Å²) < 4.78 is 6.06. The summed E-state index contributed by atoms with van der Waals surface area (Å²) in [5, 5.41) is 0.675. The van der Waals surface area contributed by atoms with E-state index < -0.39 is 0 Å². The van der Waals surface area contributed by atoms with E-state index in [2.05, 4.69) is 17.0 Å². The summed E-state index contributed by atoms with van der Waals surface area (Å²) in [4.78, 5) is 17.3. The highest BCUT2D eigenvalue weighted by atomic mass is 35.5. The molecule has 0 bridgehead atoms. The van der Waals surface area contributed by atoms with E-state index >= 15 is 0 Å². The molecule has 4 nitrogen and oxygen atoms in total. The van der Waals surface area contributed by atoms with E-state index in [1.54, 1.807) is 12.1 Å². The molecule has 0 N–H and O–H groups in total. The monoisotopic (exact) mass is 372 g/mol. The van der Waals surface area contributed by atoms with Crippen molar-refractivity contribution in [3.8, 4) is 0 Å². The molecule has 2 aromatic rings. The van der Waals surface area contributed by atoms with Crippen LogP contribution >= 0.6 is 11.6 Å². The molecule has 0 unspecified atom stereocenters. The van der Waals surface area contributed by atoms with Gasteiger partial charge in [-0.15, -0.1) is 0 Å². The molecule has 1 fully saturated rings. The van der Waals surface area contributed by atoms with Gasteiger partial charge < -0.3 is 14.5 Å². The fraction of sp³-hybridized carbons (Fsp3) is 0.381. The van der Waals surface area contributed by atoms with Crippen LogP contribution in [0.2, 0.25) is 5.02 Å². The van der Waals surface area contributed by atoms with Gasteiger partial charge in [0.05, 0.1) is 18.8 Å². The van der Waals surface area contributed by atoms with E-state index in [-0.39, 0.29) is 18.1 Å². The molecule has 0 aliphatic carbocycles. The molecule has 1 saturated heterocycles. The van der Waals surface area contributed by atoms with E-state index in [4.69, 9.17) is 16.3 Å². The standard InChI is InChI=1S/C21H25ClN2O2/c1-15-13-17(9-10-18(15)22)21(25)24-11-12-26-19(14-23(2)3)20(24)16-7-5-4-6-8-16/h4-10,13,19-20H,11-12,14H2,1-3H3/t19-,20-/m0/s1. The highest BCUT2D eigenvalue weighted by Crippen LogP contribution is 2.31. The summed E-state index contributed by atoms with van der Waals surface area (Å²) in [7, 11) is 4.05. The van der Waals surface area contributed by atoms with Crippen molar-refractivity contribution in [1.29, 1.82) is 0 Å². The number of likely N-dealkylation sites (N-methyl/N-ethyl adjacent to an activating group) is 1. The Morgan fingerprint density at radius 1 is 1.23 bits per heavy atom. The van der Waals surface area contributed by atoms with Crippen molar-refractivity contribution < 1.29 is 9.53 Å². The van der Waals surface area contributed by atoms with E-state index in [1.165, 1.54) is 0 Å². The molecule has 2 atom stereocenters. The van der Waals surface area contributed by atoms with Crippen LogP contribution < -0.4 is 0 Å². The predicted molar refractivity (Wildman–Crippen MR) is 105 cm³/mol. The third-order valence-corrected chi connectivity index (χ3v) is 5.13. The number of hydrogen-bond acceptors (Lipinski definition) is 3. The molecule has 1 amide bonds. The molecular formula is C21H25ClN2O2. The number of ether oxygens (including phenoxy) is 1. The van der Waals surface area contributed by atoms with Crippen molar-refractivity contribution in [1.82, 2.24) is 9.80 Å². The quantitative estimate of drug-likeness (QED) is 0.818. The first-order valence-corrected chi connectivity index (χ1v) is 9.23. The lowest BCUT2D eigenvalue weighted by Crippen LogP contribution is -2.51. The summed E-state index contributed by atoms with van der Waals surface area (Å²) in [6, 6.07) is 15.5. The molecule has 1 aliphatic rings. The van der Waals surface area contributed by atoms with Crippen LogP contribution in [0.4, 0.5) is 0 Å². The second-order valence-electron chi connectivity index (χ2n) is 6.99. The van der Waals surface area contributed by atoms with Crippen LogP contribution in [0, 0.1) is 6.92 Å². The fourth-order valence-electron chi connectivity index (χ4n) is 3.46. The molecule has 0 aromatic heterocycles. The largest absolute Gasteiger partial charge is 0.373 e. The number of morpholine rings is 1. The fourth-order valence-corrected chi connectivity index (χ4v) is 3.58. The van der Waals surface area contributed by atoms with Gasteiger partial charge in [-0.2, -0.15) is 0 Å². The lowest BCUT2D eigenvalue weighted by Gasteiger charge is -2.42. The number of nitrogens with zero attached hydrogens (tertiary/aromatic N) is 2. The van der Waals surface area contributed by atoms with Gasteiger partial charge in [0.25, 0.3) is 5.91 Å². The van der Waals surface area contributed by atoms with Gasteiger partial charge in [-0.3, -0.25) is 4.79 Å². The minimum atomic E-state index is -0.115. The highest BCUT2D eigenvalue weighted by molar-refractivity contribution is 6.31. The van der Waals surface area contributed by atoms with Gasteiger partial charge in [0, 0.05) is 23.7 Å². The molecule has 3 rings (SSSR count). The predicted octanol–water partition coefficient (Wildman–Crippen LogP) is 3.79. The number of carbonyl (C=O) groups is 1. The molecule has 0 spiro atoms. The molecule has 26 heavy (non-hydrogen) atoms. The molecule has 0 radical (unpaired) electrons. The maximum atomic E-state index is 13.3. The highest BCUT2D eigenvalue weighted by Gasteiger charge is 2.37. The third-order valence-electron chi connectivity index (χ3n) is 4.70. The van der Waals surface area contributed by atoms with Crippen LogP contribution in [0.3, 0.4) is 0 Å². The normalized spacial score (nSPS) is 20.4. The van der Waals surface area contributed by atoms with Crippen molar-refractivity contribution in [2.24, 2.45) is 0 Å². The van der Waals surface area contributed by atoms with E-state index in [0.717, 1.165) is 17.7 Å². The average molecular weight is 373 g/mol. The molecule has 1 aliphatic heterocycles. The minimum Gasteiger partial charge on any atom is -0.373 e. The summed E-state index contributed by atoms with van der Waals surface area (Å²) in [6.07, 6.45) is -0.0708. The zero-order valence-electron chi connectivity index (χ0n) is 15.5. The van der Waals surface area contributed by atoms with Crippen molar-refractivity contribution in [3.05, 3.63) is 70.2 Å². The van der Waals surface area contributed by atoms with Crippen LogP contribution in [0.15, 0.2) is 48.5 Å². The molecule has 1 heterocycles. The van der Waals surface area contributed by atoms with E-state index in [1.807, 2.05) is 50.2 Å². The lowest BCUT2D eigenvalue weighted by atomic mass is 9.96. The zero-order chi connectivity index (χ0) is 18.7. The maximum Gasteiger partial charge on any atom is 0.254 e. The Morgan fingerprint density at radius 2 is 1.96 bits per heavy atom. The Morgan fingerprint density at radius 3 is 2.62 bits per heavy atom. The number of rotatable bonds is 4. The lowest BCUT2D eigenvalue weighted by molar-refractivity contribution is -0.0684.